The summed E-state index contributed by atoms with van der Waals surface area (Å²) in [6.45, 7) is 3.33. The maximum atomic E-state index is 12.7. The molecule has 6 heteroatoms. The van der Waals surface area contributed by atoms with Crippen molar-refractivity contribution in [3.63, 3.8) is 0 Å². The minimum Gasteiger partial charge on any atom is -0.462 e. The topological polar surface area (TPSA) is 49.9 Å². The van der Waals surface area contributed by atoms with Gasteiger partial charge in [-0.3, -0.25) is 9.80 Å². The zero-order valence-corrected chi connectivity index (χ0v) is 14.8. The average Bonchev–Trinajstić information content (AvgIpc) is 2.97. The van der Waals surface area contributed by atoms with E-state index < -0.39 is 0 Å². The van der Waals surface area contributed by atoms with Gasteiger partial charge in [0.2, 0.25) is 0 Å². The van der Waals surface area contributed by atoms with Crippen LogP contribution in [0.4, 0.5) is 16.2 Å². The van der Waals surface area contributed by atoms with Crippen molar-refractivity contribution in [1.29, 1.82) is 0 Å². The highest BCUT2D eigenvalue weighted by molar-refractivity contribution is 9.10. The maximum absolute atomic E-state index is 12.7. The molecule has 5 nitrogen and oxygen atoms in total. The van der Waals surface area contributed by atoms with Crippen molar-refractivity contribution in [3.05, 3.63) is 58.6 Å². The summed E-state index contributed by atoms with van der Waals surface area (Å²) in [5.41, 5.74) is 2.11. The molecule has 2 aromatic carbocycles. The van der Waals surface area contributed by atoms with E-state index in [9.17, 15) is 9.59 Å². The molecule has 2 aromatic rings. The van der Waals surface area contributed by atoms with Crippen LogP contribution in [-0.4, -0.2) is 31.7 Å². The summed E-state index contributed by atoms with van der Waals surface area (Å²) >= 11 is 3.43. The van der Waals surface area contributed by atoms with Crippen molar-refractivity contribution in [3.8, 4) is 0 Å². The normalized spacial score (nSPS) is 14.2. The Morgan fingerprint density at radius 1 is 1.08 bits per heavy atom. The molecule has 1 fully saturated rings. The van der Waals surface area contributed by atoms with Crippen molar-refractivity contribution in [2.45, 2.75) is 6.92 Å². The van der Waals surface area contributed by atoms with Crippen molar-refractivity contribution >= 4 is 39.3 Å². The van der Waals surface area contributed by atoms with Gasteiger partial charge in [-0.2, -0.15) is 0 Å². The monoisotopic (exact) mass is 388 g/mol. The third-order valence-corrected chi connectivity index (χ3v) is 4.31. The number of nitrogens with zero attached hydrogens (tertiary/aromatic N) is 2. The van der Waals surface area contributed by atoms with Gasteiger partial charge in [0.25, 0.3) is 0 Å². The quantitative estimate of drug-likeness (QED) is 0.741. The van der Waals surface area contributed by atoms with E-state index in [1.165, 1.54) is 0 Å². The Kier molecular flexibility index (Phi) is 4.85. The Labute approximate surface area is 148 Å². The van der Waals surface area contributed by atoms with Crippen LogP contribution in [0, 0.1) is 0 Å². The third kappa shape index (κ3) is 3.28. The number of amides is 2. The van der Waals surface area contributed by atoms with Crippen LogP contribution in [0.1, 0.15) is 17.3 Å². The summed E-state index contributed by atoms with van der Waals surface area (Å²) in [5, 5.41) is 0. The van der Waals surface area contributed by atoms with Crippen LogP contribution >= 0.6 is 15.9 Å². The van der Waals surface area contributed by atoms with Crippen LogP contribution in [0.5, 0.6) is 0 Å². The van der Waals surface area contributed by atoms with Crippen LogP contribution in [-0.2, 0) is 4.74 Å². The van der Waals surface area contributed by atoms with E-state index >= 15 is 0 Å². The second-order valence-electron chi connectivity index (χ2n) is 5.33. The number of benzene rings is 2. The Morgan fingerprint density at radius 3 is 2.38 bits per heavy atom. The minimum absolute atomic E-state index is 0.0722. The number of urea groups is 1. The fraction of sp³-hybridized carbons (Fsp3) is 0.222. The molecule has 0 bridgehead atoms. The molecule has 0 aliphatic carbocycles. The van der Waals surface area contributed by atoms with Gasteiger partial charge in [-0.25, -0.2) is 9.59 Å². The Bertz CT molecular complexity index is 761. The summed E-state index contributed by atoms with van der Waals surface area (Å²) in [4.78, 5) is 27.8. The number of carbonyl (C=O) groups excluding carboxylic acids is 2. The van der Waals surface area contributed by atoms with Crippen LogP contribution in [0.2, 0.25) is 0 Å². The molecule has 0 atom stereocenters. The Morgan fingerprint density at radius 2 is 1.75 bits per heavy atom. The van der Waals surface area contributed by atoms with Gasteiger partial charge in [0.1, 0.15) is 0 Å². The lowest BCUT2D eigenvalue weighted by Crippen LogP contribution is -2.31. The highest BCUT2D eigenvalue weighted by atomic mass is 79.9. The highest BCUT2D eigenvalue weighted by Crippen LogP contribution is 2.27. The van der Waals surface area contributed by atoms with Gasteiger partial charge in [-0.05, 0) is 49.4 Å². The average molecular weight is 389 g/mol. The third-order valence-electron chi connectivity index (χ3n) is 3.82. The summed E-state index contributed by atoms with van der Waals surface area (Å²) in [6, 6.07) is 14.5. The summed E-state index contributed by atoms with van der Waals surface area (Å²) in [6.07, 6.45) is 0. The molecule has 1 aliphatic rings. The largest absolute Gasteiger partial charge is 0.462 e. The number of hydrogen-bond acceptors (Lipinski definition) is 3. The molecule has 24 heavy (non-hydrogen) atoms. The standard InChI is InChI=1S/C18H17BrN2O3/c1-2-24-17(22)13-6-8-15(9-7-13)20-10-11-21(18(20)23)16-5-3-4-14(19)12-16/h3-9,12H,2,10-11H2,1H3. The minimum atomic E-state index is -0.354. The molecular weight excluding hydrogens is 372 g/mol. The van der Waals surface area contributed by atoms with Crippen LogP contribution in [0.3, 0.4) is 0 Å². The molecule has 0 N–H and O–H groups in total. The van der Waals surface area contributed by atoms with Crippen LogP contribution in [0.15, 0.2) is 53.0 Å². The first-order valence-corrected chi connectivity index (χ1v) is 8.51. The van der Waals surface area contributed by atoms with E-state index in [2.05, 4.69) is 15.9 Å². The van der Waals surface area contributed by atoms with Crippen molar-refractivity contribution in [2.24, 2.45) is 0 Å². The van der Waals surface area contributed by atoms with Gasteiger partial charge < -0.3 is 4.74 Å². The molecular formula is C18H17BrN2O3. The highest BCUT2D eigenvalue weighted by Gasteiger charge is 2.30. The lowest BCUT2D eigenvalue weighted by atomic mass is 10.2. The van der Waals surface area contributed by atoms with Crippen molar-refractivity contribution in [2.75, 3.05) is 29.5 Å². The first-order valence-electron chi connectivity index (χ1n) is 7.72. The van der Waals surface area contributed by atoms with E-state index in [4.69, 9.17) is 4.74 Å². The molecule has 2 amide bonds. The van der Waals surface area contributed by atoms with Crippen molar-refractivity contribution in [1.82, 2.24) is 0 Å². The second-order valence-corrected chi connectivity index (χ2v) is 6.25. The molecule has 124 valence electrons. The Balaban J connectivity index is 1.77. The fourth-order valence-electron chi connectivity index (χ4n) is 2.65. The molecule has 0 saturated carbocycles. The Hall–Kier alpha value is -2.34. The molecule has 0 spiro atoms. The van der Waals surface area contributed by atoms with Gasteiger partial charge in [0.05, 0.1) is 12.2 Å². The number of esters is 1. The van der Waals surface area contributed by atoms with Gasteiger partial charge in [-0.1, -0.05) is 22.0 Å². The zero-order valence-electron chi connectivity index (χ0n) is 13.2. The van der Waals surface area contributed by atoms with Gasteiger partial charge in [0.15, 0.2) is 0 Å². The number of ether oxygens (including phenoxy) is 1. The lowest BCUT2D eigenvalue weighted by molar-refractivity contribution is 0.0526. The first kappa shape index (κ1) is 16.5. The number of carbonyl (C=O) groups is 2. The van der Waals surface area contributed by atoms with Crippen LogP contribution < -0.4 is 9.80 Å². The number of halogens is 1. The fourth-order valence-corrected chi connectivity index (χ4v) is 3.04. The van der Waals surface area contributed by atoms with E-state index in [1.807, 2.05) is 24.3 Å². The van der Waals surface area contributed by atoms with E-state index in [-0.39, 0.29) is 12.0 Å². The van der Waals surface area contributed by atoms with E-state index in [0.717, 1.165) is 15.8 Å². The summed E-state index contributed by atoms with van der Waals surface area (Å²) in [7, 11) is 0. The second kappa shape index (κ2) is 7.05. The number of rotatable bonds is 4. The predicted molar refractivity (Wildman–Crippen MR) is 96.6 cm³/mol. The zero-order chi connectivity index (χ0) is 17.1. The molecule has 1 aliphatic heterocycles. The summed E-state index contributed by atoms with van der Waals surface area (Å²) < 4.78 is 5.90. The van der Waals surface area contributed by atoms with Gasteiger partial charge >= 0.3 is 12.0 Å². The molecule has 0 radical (unpaired) electrons. The predicted octanol–water partition coefficient (Wildman–Crippen LogP) is 4.07. The van der Waals surface area contributed by atoms with Crippen molar-refractivity contribution < 1.29 is 14.3 Å². The molecule has 3 rings (SSSR count). The molecule has 1 saturated heterocycles. The molecule has 0 aromatic heterocycles. The molecule has 1 heterocycles. The lowest BCUT2D eigenvalue weighted by Gasteiger charge is -2.19. The molecule has 0 unspecified atom stereocenters. The van der Waals surface area contributed by atoms with Gasteiger partial charge in [0, 0.05) is 28.9 Å². The van der Waals surface area contributed by atoms with E-state index in [0.29, 0.717) is 25.3 Å². The number of anilines is 2. The smallest absolute Gasteiger partial charge is 0.338 e. The summed E-state index contributed by atoms with van der Waals surface area (Å²) in [5.74, 6) is -0.354. The SMILES string of the molecule is CCOC(=O)c1ccc(N2CCN(c3cccc(Br)c3)C2=O)cc1. The van der Waals surface area contributed by atoms with E-state index in [1.54, 1.807) is 41.0 Å². The van der Waals surface area contributed by atoms with Crippen LogP contribution in [0.25, 0.3) is 0 Å². The van der Waals surface area contributed by atoms with Gasteiger partial charge in [-0.15, -0.1) is 0 Å². The number of hydrogen-bond donors (Lipinski definition) is 0. The maximum Gasteiger partial charge on any atom is 0.338 e. The first-order chi connectivity index (χ1) is 11.6.